The Morgan fingerprint density at radius 3 is 2.52 bits per heavy atom. The minimum Gasteiger partial charge on any atom is -0.489 e. The summed E-state index contributed by atoms with van der Waals surface area (Å²) < 4.78 is 22.0. The van der Waals surface area contributed by atoms with Crippen molar-refractivity contribution in [2.75, 3.05) is 17.8 Å². The van der Waals surface area contributed by atoms with Crippen molar-refractivity contribution in [2.24, 2.45) is 0 Å². The quantitative estimate of drug-likeness (QED) is 0.438. The Morgan fingerprint density at radius 2 is 1.84 bits per heavy atom. The van der Waals surface area contributed by atoms with E-state index in [0.29, 0.717) is 22.8 Å². The minimum atomic E-state index is -0.472. The number of hydrogen-bond donors (Lipinski definition) is 1. The lowest BCUT2D eigenvalue weighted by Gasteiger charge is -2.36. The van der Waals surface area contributed by atoms with E-state index in [9.17, 15) is 4.39 Å². The van der Waals surface area contributed by atoms with Gasteiger partial charge in [0.15, 0.2) is 5.82 Å². The fourth-order valence-electron chi connectivity index (χ4n) is 3.61. The predicted octanol–water partition coefficient (Wildman–Crippen LogP) is 5.99. The number of hydrogen-bond acceptors (Lipinski definition) is 6. The maximum Gasteiger partial charge on any atom is 0.233 e. The van der Waals surface area contributed by atoms with E-state index < -0.39 is 5.82 Å². The van der Waals surface area contributed by atoms with Crippen molar-refractivity contribution < 1.29 is 9.13 Å². The molecule has 0 spiro atoms. The number of anilines is 1. The highest BCUT2D eigenvalue weighted by atomic mass is 35.5. The molecule has 3 aromatic rings. The first-order chi connectivity index (χ1) is 15.1. The van der Waals surface area contributed by atoms with Crippen molar-refractivity contribution in [1.29, 1.82) is 0 Å². The largest absolute Gasteiger partial charge is 0.489 e. The Bertz CT molecular complexity index is 985. The fourth-order valence-corrected chi connectivity index (χ4v) is 4.53. The number of likely N-dealkylation sites (tertiary alicyclic amines) is 1. The van der Waals surface area contributed by atoms with E-state index in [2.05, 4.69) is 56.8 Å². The predicted molar refractivity (Wildman–Crippen MR) is 123 cm³/mol. The van der Waals surface area contributed by atoms with Crippen molar-refractivity contribution in [2.45, 2.75) is 36.8 Å². The molecule has 1 fully saturated rings. The van der Waals surface area contributed by atoms with Crippen LogP contribution < -0.4 is 9.46 Å². The fraction of sp³-hybridized carbons (Fsp3) is 0.304. The first kappa shape index (κ1) is 21.9. The van der Waals surface area contributed by atoms with Gasteiger partial charge in [-0.1, -0.05) is 41.9 Å². The highest BCUT2D eigenvalue weighted by molar-refractivity contribution is 8.00. The van der Waals surface area contributed by atoms with E-state index in [1.807, 2.05) is 18.2 Å². The van der Waals surface area contributed by atoms with Crippen molar-refractivity contribution in [3.63, 3.8) is 0 Å². The van der Waals surface area contributed by atoms with E-state index in [0.717, 1.165) is 43.2 Å². The molecule has 31 heavy (non-hydrogen) atoms. The summed E-state index contributed by atoms with van der Waals surface area (Å²) in [5.74, 6) is 0.554. The van der Waals surface area contributed by atoms with Gasteiger partial charge in [-0.2, -0.15) is 0 Å². The number of halogens is 2. The normalized spacial score (nSPS) is 16.1. The Hall–Kier alpha value is -2.35. The Morgan fingerprint density at radius 1 is 1.13 bits per heavy atom. The van der Waals surface area contributed by atoms with E-state index in [1.54, 1.807) is 0 Å². The van der Waals surface area contributed by atoms with Crippen LogP contribution >= 0.6 is 23.5 Å². The second kappa shape index (κ2) is 10.3. The molecule has 0 amide bonds. The Balaban J connectivity index is 1.28. The smallest absolute Gasteiger partial charge is 0.233 e. The summed E-state index contributed by atoms with van der Waals surface area (Å²) >= 11 is 7.76. The summed E-state index contributed by atoms with van der Waals surface area (Å²) in [4.78, 5) is 11.1. The van der Waals surface area contributed by atoms with E-state index in [-0.39, 0.29) is 6.10 Å². The molecule has 1 saturated heterocycles. The molecule has 1 aromatic heterocycles. The Labute approximate surface area is 191 Å². The third-order valence-electron chi connectivity index (χ3n) is 5.38. The van der Waals surface area contributed by atoms with Crippen molar-refractivity contribution in [1.82, 2.24) is 14.9 Å². The van der Waals surface area contributed by atoms with Crippen LogP contribution in [0.25, 0.3) is 0 Å². The van der Waals surface area contributed by atoms with E-state index in [1.165, 1.54) is 17.5 Å². The Kier molecular flexibility index (Phi) is 7.27. The van der Waals surface area contributed by atoms with Crippen molar-refractivity contribution in [3.8, 4) is 5.75 Å². The monoisotopic (exact) mass is 458 g/mol. The molecule has 0 radical (unpaired) electrons. The summed E-state index contributed by atoms with van der Waals surface area (Å²) in [5, 5.41) is 0.562. The molecule has 8 heteroatoms. The highest BCUT2D eigenvalue weighted by Gasteiger charge is 2.25. The summed E-state index contributed by atoms with van der Waals surface area (Å²) in [6, 6.07) is 16.7. The van der Waals surface area contributed by atoms with Crippen LogP contribution in [0.2, 0.25) is 5.02 Å². The van der Waals surface area contributed by atoms with Crippen LogP contribution in [-0.2, 0) is 0 Å². The molecule has 4 rings (SSSR count). The standard InChI is InChI=1S/C23H24ClFN4OS/c1-16(17-5-3-2-4-6-17)29-11-9-19(10-12-29)30-22-8-7-20(13-21(22)24)31-28-23-26-14-18(25)15-27-23/h2-8,13-16,19H,9-12H2,1H3,(H,26,27,28). The van der Waals surface area contributed by atoms with Gasteiger partial charge in [0.25, 0.3) is 0 Å². The summed E-state index contributed by atoms with van der Waals surface area (Å²) in [7, 11) is 0. The number of aromatic nitrogens is 2. The zero-order valence-corrected chi connectivity index (χ0v) is 18.7. The van der Waals surface area contributed by atoms with E-state index in [4.69, 9.17) is 16.3 Å². The molecule has 1 aliphatic rings. The molecule has 2 aromatic carbocycles. The number of nitrogens with zero attached hydrogens (tertiary/aromatic N) is 3. The van der Waals surface area contributed by atoms with Gasteiger partial charge in [0.2, 0.25) is 5.95 Å². The molecule has 0 saturated carbocycles. The first-order valence-electron chi connectivity index (χ1n) is 10.2. The van der Waals surface area contributed by atoms with Gasteiger partial charge in [-0.25, -0.2) is 14.4 Å². The molecule has 0 aliphatic carbocycles. The minimum absolute atomic E-state index is 0.154. The molecular formula is C23H24ClFN4OS. The number of piperidine rings is 1. The van der Waals surface area contributed by atoms with Crippen LogP contribution in [0, 0.1) is 5.82 Å². The van der Waals surface area contributed by atoms with Crippen molar-refractivity contribution >= 4 is 29.5 Å². The first-order valence-corrected chi connectivity index (χ1v) is 11.4. The van der Waals surface area contributed by atoms with Gasteiger partial charge >= 0.3 is 0 Å². The summed E-state index contributed by atoms with van der Waals surface area (Å²) in [5.41, 5.74) is 1.35. The number of benzene rings is 2. The highest BCUT2D eigenvalue weighted by Crippen LogP contribution is 2.33. The van der Waals surface area contributed by atoms with Gasteiger partial charge < -0.3 is 4.74 Å². The average Bonchev–Trinajstić information content (AvgIpc) is 2.81. The second-order valence-electron chi connectivity index (χ2n) is 7.46. The lowest BCUT2D eigenvalue weighted by Crippen LogP contribution is -2.39. The maximum absolute atomic E-state index is 12.9. The molecule has 1 unspecified atom stereocenters. The maximum atomic E-state index is 12.9. The van der Waals surface area contributed by atoms with Crippen LogP contribution in [0.1, 0.15) is 31.4 Å². The molecule has 1 atom stereocenters. The van der Waals surface area contributed by atoms with Gasteiger partial charge in [0, 0.05) is 24.0 Å². The van der Waals surface area contributed by atoms with Gasteiger partial charge in [-0.15, -0.1) is 0 Å². The lowest BCUT2D eigenvalue weighted by atomic mass is 10.0. The average molecular weight is 459 g/mol. The second-order valence-corrected chi connectivity index (χ2v) is 8.75. The van der Waals surface area contributed by atoms with Gasteiger partial charge in [-0.3, -0.25) is 9.62 Å². The van der Waals surface area contributed by atoms with Crippen LogP contribution in [0.15, 0.2) is 65.8 Å². The van der Waals surface area contributed by atoms with Crippen LogP contribution in [0.5, 0.6) is 5.75 Å². The lowest BCUT2D eigenvalue weighted by molar-refractivity contribution is 0.0797. The molecule has 1 N–H and O–H groups in total. The molecule has 1 aliphatic heterocycles. The van der Waals surface area contributed by atoms with E-state index >= 15 is 0 Å². The SMILES string of the molecule is CC(c1ccccc1)N1CCC(Oc2ccc(SNc3ncc(F)cn3)cc2Cl)CC1. The molecule has 5 nitrogen and oxygen atoms in total. The van der Waals surface area contributed by atoms with Gasteiger partial charge in [0.1, 0.15) is 11.9 Å². The summed E-state index contributed by atoms with van der Waals surface area (Å²) in [6.07, 6.45) is 4.32. The third-order valence-corrected chi connectivity index (χ3v) is 6.45. The van der Waals surface area contributed by atoms with Crippen LogP contribution in [0.4, 0.5) is 10.3 Å². The number of nitrogens with one attached hydrogen (secondary N) is 1. The zero-order valence-electron chi connectivity index (χ0n) is 17.2. The third kappa shape index (κ3) is 5.87. The number of ether oxygens (including phenoxy) is 1. The van der Waals surface area contributed by atoms with Gasteiger partial charge in [0.05, 0.1) is 17.4 Å². The topological polar surface area (TPSA) is 50.3 Å². The zero-order chi connectivity index (χ0) is 21.6. The molecular weight excluding hydrogens is 435 g/mol. The summed E-state index contributed by atoms with van der Waals surface area (Å²) in [6.45, 7) is 4.25. The van der Waals surface area contributed by atoms with Crippen molar-refractivity contribution in [3.05, 3.63) is 77.3 Å². The molecule has 2 heterocycles. The van der Waals surface area contributed by atoms with Crippen LogP contribution in [0.3, 0.4) is 0 Å². The van der Waals surface area contributed by atoms with Gasteiger partial charge in [-0.05, 0) is 55.5 Å². The molecule has 0 bridgehead atoms. The van der Waals surface area contributed by atoms with Crippen LogP contribution in [-0.4, -0.2) is 34.1 Å². The molecule has 162 valence electrons. The number of rotatable bonds is 7.